The molecule has 0 spiro atoms. The lowest BCUT2D eigenvalue weighted by atomic mass is 9.95. The van der Waals surface area contributed by atoms with Crippen LogP contribution in [0.2, 0.25) is 0 Å². The van der Waals surface area contributed by atoms with Crippen molar-refractivity contribution in [1.29, 1.82) is 0 Å². The second-order valence-electron chi connectivity index (χ2n) is 4.43. The number of hydrogen-bond donors (Lipinski definition) is 1. The maximum atomic E-state index is 11.3. The molecule has 1 heterocycles. The van der Waals surface area contributed by atoms with E-state index < -0.39 is 5.38 Å². The van der Waals surface area contributed by atoms with Crippen LogP contribution in [0, 0.1) is 0 Å². The highest BCUT2D eigenvalue weighted by molar-refractivity contribution is 7.12. The average molecular weight is 246 g/mol. The standard InChI is InChI=1S/C11H16ClNOS/c1-11(2,3)8-6-5-7(15-8)9(12)10(14)13-4/h5-6,9H,1-4H3,(H,13,14). The number of likely N-dealkylation sites (N-methyl/N-ethyl adjacent to an activating group) is 1. The first-order chi connectivity index (χ1) is 6.86. The van der Waals surface area contributed by atoms with Crippen LogP contribution < -0.4 is 5.32 Å². The van der Waals surface area contributed by atoms with E-state index in [0.29, 0.717) is 0 Å². The van der Waals surface area contributed by atoms with E-state index in [0.717, 1.165) is 4.88 Å². The smallest absolute Gasteiger partial charge is 0.243 e. The predicted molar refractivity (Wildman–Crippen MR) is 65.7 cm³/mol. The average Bonchev–Trinajstić information content (AvgIpc) is 2.63. The number of carbonyl (C=O) groups excluding carboxylic acids is 1. The number of nitrogens with one attached hydrogen (secondary N) is 1. The van der Waals surface area contributed by atoms with Gasteiger partial charge in [-0.25, -0.2) is 0 Å². The highest BCUT2D eigenvalue weighted by Crippen LogP contribution is 2.34. The minimum absolute atomic E-state index is 0.113. The molecular formula is C11H16ClNOS. The van der Waals surface area contributed by atoms with Crippen LogP contribution in [0.3, 0.4) is 0 Å². The largest absolute Gasteiger partial charge is 0.358 e. The fourth-order valence-corrected chi connectivity index (χ4v) is 2.51. The lowest BCUT2D eigenvalue weighted by Gasteiger charge is -2.15. The minimum atomic E-state index is -0.573. The molecule has 1 aromatic rings. The lowest BCUT2D eigenvalue weighted by Crippen LogP contribution is -2.21. The first kappa shape index (κ1) is 12.5. The monoisotopic (exact) mass is 245 g/mol. The van der Waals surface area contributed by atoms with Crippen LogP contribution in [0.15, 0.2) is 12.1 Å². The third-order valence-electron chi connectivity index (χ3n) is 2.09. The van der Waals surface area contributed by atoms with Gasteiger partial charge in [-0.3, -0.25) is 4.79 Å². The van der Waals surface area contributed by atoms with Crippen LogP contribution in [-0.2, 0) is 10.2 Å². The Morgan fingerprint density at radius 2 is 2.07 bits per heavy atom. The molecule has 15 heavy (non-hydrogen) atoms. The molecule has 0 bridgehead atoms. The van der Waals surface area contributed by atoms with Gasteiger partial charge in [0.15, 0.2) is 0 Å². The summed E-state index contributed by atoms with van der Waals surface area (Å²) in [6.07, 6.45) is 0. The predicted octanol–water partition coefficient (Wildman–Crippen LogP) is 3.07. The third kappa shape index (κ3) is 2.95. The molecule has 0 aliphatic carbocycles. The summed E-state index contributed by atoms with van der Waals surface area (Å²) in [4.78, 5) is 13.5. The molecule has 84 valence electrons. The van der Waals surface area contributed by atoms with E-state index in [-0.39, 0.29) is 11.3 Å². The Bertz CT molecular complexity index is 354. The Labute approximate surface area is 99.6 Å². The number of amides is 1. The molecule has 1 N–H and O–H groups in total. The summed E-state index contributed by atoms with van der Waals surface area (Å²) >= 11 is 7.62. The fraction of sp³-hybridized carbons (Fsp3) is 0.545. The summed E-state index contributed by atoms with van der Waals surface area (Å²) in [6, 6.07) is 3.97. The summed E-state index contributed by atoms with van der Waals surface area (Å²) in [5.41, 5.74) is 0.113. The van der Waals surface area contributed by atoms with E-state index in [4.69, 9.17) is 11.6 Å². The Morgan fingerprint density at radius 3 is 2.47 bits per heavy atom. The molecule has 4 heteroatoms. The van der Waals surface area contributed by atoms with Gasteiger partial charge in [-0.1, -0.05) is 20.8 Å². The summed E-state index contributed by atoms with van der Waals surface area (Å²) in [7, 11) is 1.59. The maximum absolute atomic E-state index is 11.3. The highest BCUT2D eigenvalue weighted by Gasteiger charge is 2.22. The number of thiophene rings is 1. The van der Waals surface area contributed by atoms with Crippen molar-refractivity contribution in [3.63, 3.8) is 0 Å². The molecule has 0 aliphatic rings. The van der Waals surface area contributed by atoms with Crippen molar-refractivity contribution in [3.8, 4) is 0 Å². The number of alkyl halides is 1. The van der Waals surface area contributed by atoms with Crippen molar-refractivity contribution >= 4 is 28.8 Å². The molecule has 0 saturated carbocycles. The second-order valence-corrected chi connectivity index (χ2v) is 5.98. The van der Waals surface area contributed by atoms with Gasteiger partial charge < -0.3 is 5.32 Å². The summed E-state index contributed by atoms with van der Waals surface area (Å²) in [5.74, 6) is -0.154. The van der Waals surface area contributed by atoms with Crippen molar-refractivity contribution < 1.29 is 4.79 Å². The van der Waals surface area contributed by atoms with Crippen molar-refractivity contribution in [2.45, 2.75) is 31.6 Å². The molecule has 0 aromatic carbocycles. The molecule has 2 nitrogen and oxygen atoms in total. The first-order valence-corrected chi connectivity index (χ1v) is 6.07. The Morgan fingerprint density at radius 1 is 1.47 bits per heavy atom. The third-order valence-corrected chi connectivity index (χ3v) is 4.23. The SMILES string of the molecule is CNC(=O)C(Cl)c1ccc(C(C)(C)C)s1. The molecule has 0 saturated heterocycles. The molecule has 1 amide bonds. The van der Waals surface area contributed by atoms with Crippen LogP contribution in [0.25, 0.3) is 0 Å². The van der Waals surface area contributed by atoms with Gasteiger partial charge in [0.05, 0.1) is 0 Å². The van der Waals surface area contributed by atoms with E-state index in [1.54, 1.807) is 18.4 Å². The summed E-state index contributed by atoms with van der Waals surface area (Å²) < 4.78 is 0. The molecule has 1 unspecified atom stereocenters. The number of carbonyl (C=O) groups is 1. The maximum Gasteiger partial charge on any atom is 0.243 e. The van der Waals surface area contributed by atoms with Crippen LogP contribution in [0.5, 0.6) is 0 Å². The van der Waals surface area contributed by atoms with Crippen molar-refractivity contribution in [1.82, 2.24) is 5.32 Å². The number of hydrogen-bond acceptors (Lipinski definition) is 2. The quantitative estimate of drug-likeness (QED) is 0.798. The Kier molecular flexibility index (Phi) is 3.79. The first-order valence-electron chi connectivity index (χ1n) is 4.82. The highest BCUT2D eigenvalue weighted by atomic mass is 35.5. The Balaban J connectivity index is 2.89. The van der Waals surface area contributed by atoms with Gasteiger partial charge >= 0.3 is 0 Å². The molecule has 1 rings (SSSR count). The van der Waals surface area contributed by atoms with Crippen LogP contribution in [-0.4, -0.2) is 13.0 Å². The van der Waals surface area contributed by atoms with E-state index in [1.807, 2.05) is 12.1 Å². The molecule has 1 aromatic heterocycles. The van der Waals surface area contributed by atoms with Crippen molar-refractivity contribution in [2.24, 2.45) is 0 Å². The lowest BCUT2D eigenvalue weighted by molar-refractivity contribution is -0.120. The molecule has 1 atom stereocenters. The second kappa shape index (κ2) is 4.54. The van der Waals surface area contributed by atoms with Crippen molar-refractivity contribution in [3.05, 3.63) is 21.9 Å². The number of halogens is 1. The van der Waals surface area contributed by atoms with Gasteiger partial charge in [-0.15, -0.1) is 22.9 Å². The molecule has 0 radical (unpaired) electrons. The zero-order valence-corrected chi connectivity index (χ0v) is 11.0. The van der Waals surface area contributed by atoms with Crippen LogP contribution >= 0.6 is 22.9 Å². The van der Waals surface area contributed by atoms with Gasteiger partial charge in [-0.05, 0) is 17.5 Å². The van der Waals surface area contributed by atoms with Crippen LogP contribution in [0.4, 0.5) is 0 Å². The minimum Gasteiger partial charge on any atom is -0.358 e. The molecule has 0 aliphatic heterocycles. The zero-order valence-electron chi connectivity index (χ0n) is 9.43. The Hall–Kier alpha value is -0.540. The van der Waals surface area contributed by atoms with E-state index in [1.165, 1.54) is 4.88 Å². The van der Waals surface area contributed by atoms with Gasteiger partial charge in [0.1, 0.15) is 5.38 Å². The van der Waals surface area contributed by atoms with E-state index in [2.05, 4.69) is 26.1 Å². The van der Waals surface area contributed by atoms with E-state index >= 15 is 0 Å². The summed E-state index contributed by atoms with van der Waals surface area (Å²) in [5, 5.41) is 1.97. The molecule has 0 fully saturated rings. The van der Waals surface area contributed by atoms with Gasteiger partial charge in [0.2, 0.25) is 5.91 Å². The number of rotatable bonds is 2. The normalized spacial score (nSPS) is 13.7. The molecular weight excluding hydrogens is 230 g/mol. The topological polar surface area (TPSA) is 29.1 Å². The summed E-state index contributed by atoms with van der Waals surface area (Å²) in [6.45, 7) is 6.43. The zero-order chi connectivity index (χ0) is 11.6. The van der Waals surface area contributed by atoms with Crippen molar-refractivity contribution in [2.75, 3.05) is 7.05 Å². The van der Waals surface area contributed by atoms with E-state index in [9.17, 15) is 4.79 Å². The van der Waals surface area contributed by atoms with Gasteiger partial charge in [-0.2, -0.15) is 0 Å². The van der Waals surface area contributed by atoms with Crippen LogP contribution in [0.1, 0.15) is 35.9 Å². The fourth-order valence-electron chi connectivity index (χ4n) is 1.15. The van der Waals surface area contributed by atoms with Gasteiger partial charge in [0.25, 0.3) is 0 Å². The van der Waals surface area contributed by atoms with Gasteiger partial charge in [0, 0.05) is 16.8 Å².